The second kappa shape index (κ2) is 7.73. The van der Waals surface area contributed by atoms with Gasteiger partial charge in [-0.05, 0) is 42.5 Å². The first-order chi connectivity index (χ1) is 12.1. The molecule has 0 saturated carbocycles. The molecule has 3 aromatic rings. The molecule has 0 aliphatic rings. The van der Waals surface area contributed by atoms with Gasteiger partial charge in [-0.2, -0.15) is 0 Å². The molecular weight excluding hydrogens is 336 g/mol. The number of carbonyl (C=O) groups is 2. The van der Waals surface area contributed by atoms with Gasteiger partial charge >= 0.3 is 0 Å². The fraction of sp³-hybridized carbons (Fsp3) is 0.0500. The van der Waals surface area contributed by atoms with Crippen LogP contribution in [0, 0.1) is 0 Å². The van der Waals surface area contributed by atoms with E-state index in [1.165, 1.54) is 0 Å². The lowest BCUT2D eigenvalue weighted by Gasteiger charge is -2.09. The SMILES string of the molecule is O=C(NCc1ccccn1)c1ccccc1C(=O)c1ccc(Cl)cc1. The van der Waals surface area contributed by atoms with Crippen LogP contribution in [0.5, 0.6) is 0 Å². The van der Waals surface area contributed by atoms with Crippen molar-refractivity contribution in [1.82, 2.24) is 10.3 Å². The first-order valence-electron chi connectivity index (χ1n) is 7.72. The molecule has 0 saturated heterocycles. The molecule has 1 N–H and O–H groups in total. The van der Waals surface area contributed by atoms with Crippen molar-refractivity contribution in [2.75, 3.05) is 0 Å². The minimum absolute atomic E-state index is 0.222. The van der Waals surface area contributed by atoms with E-state index in [1.807, 2.05) is 18.2 Å². The summed E-state index contributed by atoms with van der Waals surface area (Å²) >= 11 is 5.86. The van der Waals surface area contributed by atoms with E-state index in [2.05, 4.69) is 10.3 Å². The summed E-state index contributed by atoms with van der Waals surface area (Å²) in [6, 6.07) is 18.8. The van der Waals surface area contributed by atoms with Crippen LogP contribution < -0.4 is 5.32 Å². The lowest BCUT2D eigenvalue weighted by Crippen LogP contribution is -2.25. The van der Waals surface area contributed by atoms with Crippen LogP contribution in [-0.2, 0) is 6.54 Å². The van der Waals surface area contributed by atoms with Gasteiger partial charge < -0.3 is 5.32 Å². The van der Waals surface area contributed by atoms with Crippen LogP contribution in [0.25, 0.3) is 0 Å². The highest BCUT2D eigenvalue weighted by molar-refractivity contribution is 6.30. The van der Waals surface area contributed by atoms with Gasteiger partial charge in [-0.3, -0.25) is 14.6 Å². The summed E-state index contributed by atoms with van der Waals surface area (Å²) in [6.45, 7) is 0.295. The van der Waals surface area contributed by atoms with E-state index < -0.39 is 0 Å². The molecule has 1 heterocycles. The van der Waals surface area contributed by atoms with E-state index in [4.69, 9.17) is 11.6 Å². The van der Waals surface area contributed by atoms with Gasteiger partial charge in [0.2, 0.25) is 0 Å². The average molecular weight is 351 g/mol. The summed E-state index contributed by atoms with van der Waals surface area (Å²) < 4.78 is 0. The van der Waals surface area contributed by atoms with Crippen LogP contribution >= 0.6 is 11.6 Å². The van der Waals surface area contributed by atoms with Gasteiger partial charge in [0.05, 0.1) is 17.8 Å². The average Bonchev–Trinajstić information content (AvgIpc) is 2.67. The number of ketones is 1. The number of hydrogen-bond donors (Lipinski definition) is 1. The molecule has 124 valence electrons. The van der Waals surface area contributed by atoms with Crippen molar-refractivity contribution in [1.29, 1.82) is 0 Å². The molecule has 0 bridgehead atoms. The Morgan fingerprint density at radius 3 is 2.24 bits per heavy atom. The maximum absolute atomic E-state index is 12.7. The number of nitrogens with one attached hydrogen (secondary N) is 1. The molecule has 1 aromatic heterocycles. The molecule has 0 aliphatic carbocycles. The summed E-state index contributed by atoms with van der Waals surface area (Å²) in [4.78, 5) is 29.4. The number of aromatic nitrogens is 1. The lowest BCUT2D eigenvalue weighted by molar-refractivity contribution is 0.0939. The molecule has 2 aromatic carbocycles. The first kappa shape index (κ1) is 16.9. The monoisotopic (exact) mass is 350 g/mol. The molecule has 25 heavy (non-hydrogen) atoms. The number of benzene rings is 2. The summed E-state index contributed by atoms with van der Waals surface area (Å²) in [5, 5.41) is 3.35. The van der Waals surface area contributed by atoms with Crippen LogP contribution in [0.2, 0.25) is 5.02 Å². The Morgan fingerprint density at radius 2 is 1.56 bits per heavy atom. The van der Waals surface area contributed by atoms with Crippen molar-refractivity contribution in [3.05, 3.63) is 100 Å². The minimum atomic E-state index is -0.316. The molecule has 3 rings (SSSR count). The standard InChI is InChI=1S/C20H15ClN2O2/c21-15-10-8-14(9-11-15)19(24)17-6-1-2-7-18(17)20(25)23-13-16-5-3-4-12-22-16/h1-12H,13H2,(H,23,25). The van der Waals surface area contributed by atoms with Crippen molar-refractivity contribution < 1.29 is 9.59 Å². The zero-order valence-electron chi connectivity index (χ0n) is 13.3. The third kappa shape index (κ3) is 4.11. The molecule has 0 unspecified atom stereocenters. The number of halogens is 1. The van der Waals surface area contributed by atoms with E-state index in [9.17, 15) is 9.59 Å². The number of carbonyl (C=O) groups excluding carboxylic acids is 2. The van der Waals surface area contributed by atoms with Crippen LogP contribution in [0.15, 0.2) is 72.9 Å². The molecule has 0 fully saturated rings. The molecule has 0 spiro atoms. The summed E-state index contributed by atoms with van der Waals surface area (Å²) in [6.07, 6.45) is 1.67. The van der Waals surface area contributed by atoms with E-state index >= 15 is 0 Å². The topological polar surface area (TPSA) is 59.1 Å². The summed E-state index contributed by atoms with van der Waals surface area (Å²) in [7, 11) is 0. The number of pyridine rings is 1. The van der Waals surface area contributed by atoms with Gasteiger partial charge in [0, 0.05) is 22.3 Å². The Bertz CT molecular complexity index is 893. The second-order valence-electron chi connectivity index (χ2n) is 5.39. The second-order valence-corrected chi connectivity index (χ2v) is 5.82. The van der Waals surface area contributed by atoms with Crippen LogP contribution in [0.4, 0.5) is 0 Å². The third-order valence-corrected chi connectivity index (χ3v) is 3.93. The predicted molar refractivity (Wildman–Crippen MR) is 96.7 cm³/mol. The molecule has 4 nitrogen and oxygen atoms in total. The minimum Gasteiger partial charge on any atom is -0.346 e. The Balaban J connectivity index is 1.81. The Morgan fingerprint density at radius 1 is 0.880 bits per heavy atom. The quantitative estimate of drug-likeness (QED) is 0.710. The highest BCUT2D eigenvalue weighted by Gasteiger charge is 2.17. The van der Waals surface area contributed by atoms with Gasteiger partial charge in [-0.1, -0.05) is 35.9 Å². The third-order valence-electron chi connectivity index (χ3n) is 3.68. The molecule has 0 aliphatic heterocycles. The highest BCUT2D eigenvalue weighted by atomic mass is 35.5. The van der Waals surface area contributed by atoms with Gasteiger partial charge in [-0.25, -0.2) is 0 Å². The normalized spacial score (nSPS) is 10.3. The van der Waals surface area contributed by atoms with Crippen molar-refractivity contribution in [2.24, 2.45) is 0 Å². The maximum atomic E-state index is 12.7. The molecular formula is C20H15ClN2O2. The Labute approximate surface area is 150 Å². The Kier molecular flexibility index (Phi) is 5.21. The van der Waals surface area contributed by atoms with Crippen molar-refractivity contribution in [3.8, 4) is 0 Å². The van der Waals surface area contributed by atoms with Crippen LogP contribution in [-0.4, -0.2) is 16.7 Å². The Hall–Kier alpha value is -2.98. The number of amides is 1. The fourth-order valence-electron chi connectivity index (χ4n) is 2.40. The van der Waals surface area contributed by atoms with Gasteiger partial charge in [0.15, 0.2) is 5.78 Å². The van der Waals surface area contributed by atoms with Gasteiger partial charge in [0.25, 0.3) is 5.91 Å². The number of nitrogens with zero attached hydrogens (tertiary/aromatic N) is 1. The van der Waals surface area contributed by atoms with Crippen LogP contribution in [0.1, 0.15) is 32.0 Å². The van der Waals surface area contributed by atoms with E-state index in [0.29, 0.717) is 28.3 Å². The number of rotatable bonds is 5. The smallest absolute Gasteiger partial charge is 0.252 e. The first-order valence-corrected chi connectivity index (χ1v) is 8.10. The van der Waals surface area contributed by atoms with Crippen molar-refractivity contribution in [3.63, 3.8) is 0 Å². The summed E-state index contributed by atoms with van der Waals surface area (Å²) in [5.74, 6) is -0.538. The molecule has 0 radical (unpaired) electrons. The maximum Gasteiger partial charge on any atom is 0.252 e. The fourth-order valence-corrected chi connectivity index (χ4v) is 2.53. The van der Waals surface area contributed by atoms with E-state index in [0.717, 1.165) is 5.69 Å². The molecule has 1 amide bonds. The largest absolute Gasteiger partial charge is 0.346 e. The molecule has 5 heteroatoms. The molecule has 0 atom stereocenters. The van der Waals surface area contributed by atoms with Crippen LogP contribution in [0.3, 0.4) is 0 Å². The van der Waals surface area contributed by atoms with E-state index in [-0.39, 0.29) is 11.7 Å². The van der Waals surface area contributed by atoms with Gasteiger partial charge in [0.1, 0.15) is 0 Å². The zero-order valence-corrected chi connectivity index (χ0v) is 14.0. The summed E-state index contributed by atoms with van der Waals surface area (Å²) in [5.41, 5.74) is 1.91. The highest BCUT2D eigenvalue weighted by Crippen LogP contribution is 2.17. The van der Waals surface area contributed by atoms with E-state index in [1.54, 1.807) is 54.7 Å². The van der Waals surface area contributed by atoms with Gasteiger partial charge in [-0.15, -0.1) is 0 Å². The lowest BCUT2D eigenvalue weighted by atomic mass is 9.98. The zero-order chi connectivity index (χ0) is 17.6. The predicted octanol–water partition coefficient (Wildman–Crippen LogP) is 3.90. The van der Waals surface area contributed by atoms with Crippen molar-refractivity contribution >= 4 is 23.3 Å². The van der Waals surface area contributed by atoms with Crippen molar-refractivity contribution in [2.45, 2.75) is 6.54 Å². The number of hydrogen-bond acceptors (Lipinski definition) is 3.